The molecule has 1 saturated carbocycles. The standard InChI is InChI=1S/C32H39ClN2O6S/c33-27-12-7-11-26(21-27)30(37)23-34-17-18-35(42(39,40)20-8-19-36)32(38)29-16-15-25(24-9-3-1-4-10-24)22-31(29)41-28-13-5-2-6-14-28/h1,3-4,7,9-12,15-16,21-22,28,30,34,36-37H,2,5-6,8,13-14,17-20,23H2/t30-/m0/s1. The summed E-state index contributed by atoms with van der Waals surface area (Å²) in [6.45, 7) is -0.213. The number of nitrogens with zero attached hydrogens (tertiary/aromatic N) is 1. The number of sulfonamides is 1. The van der Waals surface area contributed by atoms with E-state index >= 15 is 0 Å². The lowest BCUT2D eigenvalue weighted by atomic mass is 9.97. The minimum Gasteiger partial charge on any atom is -0.490 e. The van der Waals surface area contributed by atoms with Crippen LogP contribution in [0.2, 0.25) is 5.02 Å². The van der Waals surface area contributed by atoms with Crippen molar-refractivity contribution >= 4 is 27.5 Å². The van der Waals surface area contributed by atoms with Gasteiger partial charge in [0.25, 0.3) is 5.91 Å². The summed E-state index contributed by atoms with van der Waals surface area (Å²) >= 11 is 6.03. The maximum Gasteiger partial charge on any atom is 0.271 e. The fraction of sp³-hybridized carbons (Fsp3) is 0.406. The number of halogens is 1. The highest BCUT2D eigenvalue weighted by atomic mass is 35.5. The molecule has 3 aromatic carbocycles. The number of ether oxygens (including phenoxy) is 1. The second kappa shape index (κ2) is 15.5. The van der Waals surface area contributed by atoms with Crippen LogP contribution >= 0.6 is 11.6 Å². The first kappa shape index (κ1) is 32.0. The van der Waals surface area contributed by atoms with Crippen LogP contribution in [0.5, 0.6) is 5.75 Å². The number of hydrogen-bond donors (Lipinski definition) is 3. The van der Waals surface area contributed by atoms with Crippen LogP contribution in [0.4, 0.5) is 0 Å². The zero-order chi connectivity index (χ0) is 30.0. The predicted octanol–water partition coefficient (Wildman–Crippen LogP) is 5.20. The Bertz CT molecular complexity index is 1410. The molecule has 10 heteroatoms. The highest BCUT2D eigenvalue weighted by Crippen LogP contribution is 2.32. The maximum absolute atomic E-state index is 14.0. The van der Waals surface area contributed by atoms with E-state index in [0.29, 0.717) is 16.3 Å². The fourth-order valence-corrected chi connectivity index (χ4v) is 6.71. The number of carbonyl (C=O) groups excluding carboxylic acids is 1. The molecule has 0 aromatic heterocycles. The quantitative estimate of drug-likeness (QED) is 0.214. The lowest BCUT2D eigenvalue weighted by Gasteiger charge is -2.27. The van der Waals surface area contributed by atoms with Gasteiger partial charge in [-0.05, 0) is 73.1 Å². The molecule has 3 aromatic rings. The lowest BCUT2D eigenvalue weighted by molar-refractivity contribution is 0.0849. The van der Waals surface area contributed by atoms with Gasteiger partial charge < -0.3 is 20.3 Å². The van der Waals surface area contributed by atoms with Crippen LogP contribution in [0.15, 0.2) is 72.8 Å². The Kier molecular flexibility index (Phi) is 11.8. The summed E-state index contributed by atoms with van der Waals surface area (Å²) in [5.41, 5.74) is 2.62. The summed E-state index contributed by atoms with van der Waals surface area (Å²) in [6.07, 6.45) is 4.07. The number of aliphatic hydroxyl groups excluding tert-OH is 2. The molecule has 0 bridgehead atoms. The molecule has 0 spiro atoms. The number of amides is 1. The van der Waals surface area contributed by atoms with E-state index in [-0.39, 0.29) is 50.1 Å². The molecule has 1 aliphatic rings. The molecular weight excluding hydrogens is 576 g/mol. The van der Waals surface area contributed by atoms with Crippen molar-refractivity contribution < 1.29 is 28.2 Å². The molecule has 1 fully saturated rings. The van der Waals surface area contributed by atoms with Crippen molar-refractivity contribution in [2.24, 2.45) is 0 Å². The third-order valence-electron chi connectivity index (χ3n) is 7.35. The second-order valence-corrected chi connectivity index (χ2v) is 12.9. The van der Waals surface area contributed by atoms with Gasteiger partial charge in [-0.15, -0.1) is 0 Å². The van der Waals surface area contributed by atoms with Crippen molar-refractivity contribution in [3.63, 3.8) is 0 Å². The predicted molar refractivity (Wildman–Crippen MR) is 165 cm³/mol. The molecule has 0 saturated heterocycles. The zero-order valence-corrected chi connectivity index (χ0v) is 25.2. The van der Waals surface area contributed by atoms with Crippen LogP contribution in [-0.2, 0) is 10.0 Å². The van der Waals surface area contributed by atoms with Gasteiger partial charge in [-0.3, -0.25) is 4.79 Å². The zero-order valence-electron chi connectivity index (χ0n) is 23.6. The lowest BCUT2D eigenvalue weighted by Crippen LogP contribution is -2.43. The normalized spacial score (nSPS) is 14.8. The Hall–Kier alpha value is -2.95. The number of nitrogens with one attached hydrogen (secondary N) is 1. The molecule has 3 N–H and O–H groups in total. The Morgan fingerprint density at radius 3 is 2.48 bits per heavy atom. The fourth-order valence-electron chi connectivity index (χ4n) is 5.08. The Labute approximate surface area is 253 Å². The largest absolute Gasteiger partial charge is 0.490 e. The summed E-state index contributed by atoms with van der Waals surface area (Å²) in [4.78, 5) is 14.0. The Morgan fingerprint density at radius 2 is 1.76 bits per heavy atom. The SMILES string of the molecule is O=C(c1ccc(-c2ccccc2)cc1OC1CCCCC1)N(CCNC[C@H](O)c1cccc(Cl)c1)S(=O)(=O)CCCO. The highest BCUT2D eigenvalue weighted by Gasteiger charge is 2.31. The summed E-state index contributed by atoms with van der Waals surface area (Å²) < 4.78 is 33.9. The Morgan fingerprint density at radius 1 is 1.00 bits per heavy atom. The maximum atomic E-state index is 14.0. The minimum atomic E-state index is -4.05. The van der Waals surface area contributed by atoms with Crippen LogP contribution in [0.25, 0.3) is 11.1 Å². The average molecular weight is 615 g/mol. The van der Waals surface area contributed by atoms with Crippen molar-refractivity contribution in [3.05, 3.63) is 88.9 Å². The molecule has 226 valence electrons. The van der Waals surface area contributed by atoms with Gasteiger partial charge >= 0.3 is 0 Å². The Balaban J connectivity index is 1.57. The first-order valence-electron chi connectivity index (χ1n) is 14.4. The van der Waals surface area contributed by atoms with Gasteiger partial charge in [0, 0.05) is 31.3 Å². The first-order chi connectivity index (χ1) is 20.3. The van der Waals surface area contributed by atoms with E-state index in [1.165, 1.54) is 0 Å². The average Bonchev–Trinajstić information content (AvgIpc) is 3.00. The van der Waals surface area contributed by atoms with Crippen molar-refractivity contribution in [3.8, 4) is 16.9 Å². The van der Waals surface area contributed by atoms with Crippen LogP contribution in [-0.4, -0.2) is 66.9 Å². The van der Waals surface area contributed by atoms with Gasteiger partial charge in [0.2, 0.25) is 10.0 Å². The van der Waals surface area contributed by atoms with E-state index in [4.69, 9.17) is 16.3 Å². The van der Waals surface area contributed by atoms with Gasteiger partial charge in [-0.1, -0.05) is 66.6 Å². The van der Waals surface area contributed by atoms with Crippen molar-refractivity contribution in [2.45, 2.75) is 50.7 Å². The highest BCUT2D eigenvalue weighted by molar-refractivity contribution is 7.89. The van der Waals surface area contributed by atoms with Gasteiger partial charge in [0.1, 0.15) is 5.75 Å². The first-order valence-corrected chi connectivity index (χ1v) is 16.4. The van der Waals surface area contributed by atoms with E-state index in [9.17, 15) is 23.4 Å². The molecule has 1 aliphatic carbocycles. The van der Waals surface area contributed by atoms with Crippen LogP contribution in [0.1, 0.15) is 60.6 Å². The van der Waals surface area contributed by atoms with E-state index < -0.39 is 22.0 Å². The van der Waals surface area contributed by atoms with Gasteiger partial charge in [-0.25, -0.2) is 12.7 Å². The van der Waals surface area contributed by atoms with Crippen molar-refractivity contribution in [1.29, 1.82) is 0 Å². The summed E-state index contributed by atoms with van der Waals surface area (Å²) in [5, 5.41) is 23.4. The monoisotopic (exact) mass is 614 g/mol. The summed E-state index contributed by atoms with van der Waals surface area (Å²) in [6, 6.07) is 21.8. The van der Waals surface area contributed by atoms with Gasteiger partial charge in [-0.2, -0.15) is 0 Å². The summed E-state index contributed by atoms with van der Waals surface area (Å²) in [7, 11) is -4.05. The van der Waals surface area contributed by atoms with E-state index in [0.717, 1.165) is 47.5 Å². The van der Waals surface area contributed by atoms with E-state index in [1.54, 1.807) is 36.4 Å². The molecule has 8 nitrogen and oxygen atoms in total. The molecule has 4 rings (SSSR count). The topological polar surface area (TPSA) is 116 Å². The van der Waals surface area contributed by atoms with Crippen LogP contribution < -0.4 is 10.1 Å². The molecule has 42 heavy (non-hydrogen) atoms. The molecule has 0 radical (unpaired) electrons. The van der Waals surface area contributed by atoms with E-state index in [2.05, 4.69) is 5.32 Å². The summed E-state index contributed by atoms with van der Waals surface area (Å²) in [5.74, 6) is -0.697. The molecule has 0 unspecified atom stereocenters. The molecule has 1 atom stereocenters. The number of aliphatic hydroxyl groups is 2. The molecule has 0 aliphatic heterocycles. The molecule has 0 heterocycles. The van der Waals surface area contributed by atoms with Crippen molar-refractivity contribution in [1.82, 2.24) is 9.62 Å². The van der Waals surface area contributed by atoms with Gasteiger partial charge in [0.05, 0.1) is 23.5 Å². The number of hydrogen-bond acceptors (Lipinski definition) is 7. The number of benzene rings is 3. The molecule has 1 amide bonds. The number of carbonyl (C=O) groups is 1. The minimum absolute atomic E-state index is 0.00536. The third-order valence-corrected chi connectivity index (χ3v) is 9.41. The van der Waals surface area contributed by atoms with E-state index in [1.807, 2.05) is 36.4 Å². The van der Waals surface area contributed by atoms with Crippen molar-refractivity contribution in [2.75, 3.05) is 32.0 Å². The smallest absolute Gasteiger partial charge is 0.271 e. The second-order valence-electron chi connectivity index (χ2n) is 10.5. The van der Waals surface area contributed by atoms with Gasteiger partial charge in [0.15, 0.2) is 0 Å². The molecular formula is C32H39ClN2O6S. The number of rotatable bonds is 14. The van der Waals surface area contributed by atoms with Crippen LogP contribution in [0, 0.1) is 0 Å². The third kappa shape index (κ3) is 8.78. The van der Waals surface area contributed by atoms with Crippen LogP contribution in [0.3, 0.4) is 0 Å².